The molecule has 1 N–H and O–H groups in total. The Balaban J connectivity index is 1.54. The molecule has 4 nitrogen and oxygen atoms in total. The average Bonchev–Trinajstić information content (AvgIpc) is 2.95. The largest absolute Gasteiger partial charge is 0.342 e. The molecule has 84 valence electrons. The minimum absolute atomic E-state index is 0.347. The zero-order valence-electron chi connectivity index (χ0n) is 9.11. The number of carbonyl (C=O) groups is 1. The second-order valence-corrected chi connectivity index (χ2v) is 5.01. The lowest BCUT2D eigenvalue weighted by Crippen LogP contribution is -2.48. The fourth-order valence-electron chi connectivity index (χ4n) is 3.08. The van der Waals surface area contributed by atoms with Crippen LogP contribution in [0.5, 0.6) is 0 Å². The predicted octanol–water partition coefficient (Wildman–Crippen LogP) is -0.345. The molecule has 3 rings (SSSR count). The third kappa shape index (κ3) is 1.76. The van der Waals surface area contributed by atoms with Gasteiger partial charge < -0.3 is 10.2 Å². The fourth-order valence-corrected chi connectivity index (χ4v) is 3.08. The monoisotopic (exact) mass is 209 g/mol. The van der Waals surface area contributed by atoms with Crippen molar-refractivity contribution in [3.63, 3.8) is 0 Å². The molecular formula is C11H19N3O. The molecule has 0 aromatic carbocycles. The van der Waals surface area contributed by atoms with Gasteiger partial charge in [0.05, 0.1) is 6.54 Å². The molecule has 2 bridgehead atoms. The quantitative estimate of drug-likeness (QED) is 0.675. The number of piperazine rings is 1. The van der Waals surface area contributed by atoms with Crippen LogP contribution in [0.25, 0.3) is 0 Å². The second kappa shape index (κ2) is 3.76. The van der Waals surface area contributed by atoms with Gasteiger partial charge in [-0.2, -0.15) is 0 Å². The maximum atomic E-state index is 11.9. The molecule has 0 aromatic heterocycles. The first kappa shape index (κ1) is 9.60. The van der Waals surface area contributed by atoms with E-state index in [0.717, 1.165) is 26.2 Å². The van der Waals surface area contributed by atoms with Crippen LogP contribution in [0.2, 0.25) is 0 Å². The summed E-state index contributed by atoms with van der Waals surface area (Å²) in [4.78, 5) is 16.3. The van der Waals surface area contributed by atoms with Gasteiger partial charge in [0.1, 0.15) is 0 Å². The smallest absolute Gasteiger partial charge is 0.236 e. The SMILES string of the molecule is O=C(CN1C[C@@H]2C[C@H]1CN2)N1CCCC1. The molecule has 3 fully saturated rings. The minimum Gasteiger partial charge on any atom is -0.342 e. The van der Waals surface area contributed by atoms with Crippen LogP contribution in [0.4, 0.5) is 0 Å². The average molecular weight is 209 g/mol. The minimum atomic E-state index is 0.347. The van der Waals surface area contributed by atoms with Gasteiger partial charge in [-0.3, -0.25) is 9.69 Å². The third-order valence-corrected chi connectivity index (χ3v) is 3.97. The summed E-state index contributed by atoms with van der Waals surface area (Å²) in [5.41, 5.74) is 0. The summed E-state index contributed by atoms with van der Waals surface area (Å²) in [7, 11) is 0. The maximum absolute atomic E-state index is 11.9. The van der Waals surface area contributed by atoms with E-state index in [1.807, 2.05) is 4.90 Å². The molecule has 3 saturated heterocycles. The van der Waals surface area contributed by atoms with Gasteiger partial charge in [0.2, 0.25) is 5.91 Å². The van der Waals surface area contributed by atoms with Crippen LogP contribution in [-0.4, -0.2) is 60.5 Å². The first-order chi connectivity index (χ1) is 7.33. The van der Waals surface area contributed by atoms with E-state index >= 15 is 0 Å². The molecule has 0 aromatic rings. The van der Waals surface area contributed by atoms with Crippen LogP contribution >= 0.6 is 0 Å². The lowest BCUT2D eigenvalue weighted by molar-refractivity contribution is -0.131. The summed E-state index contributed by atoms with van der Waals surface area (Å²) in [6.45, 7) is 4.78. The van der Waals surface area contributed by atoms with Crippen molar-refractivity contribution in [1.29, 1.82) is 0 Å². The molecule has 3 heterocycles. The van der Waals surface area contributed by atoms with E-state index in [4.69, 9.17) is 0 Å². The maximum Gasteiger partial charge on any atom is 0.236 e. The second-order valence-electron chi connectivity index (χ2n) is 5.01. The zero-order chi connectivity index (χ0) is 10.3. The highest BCUT2D eigenvalue weighted by Gasteiger charge is 2.38. The van der Waals surface area contributed by atoms with Gasteiger partial charge in [0, 0.05) is 38.3 Å². The van der Waals surface area contributed by atoms with Crippen molar-refractivity contribution in [3.05, 3.63) is 0 Å². The Kier molecular flexibility index (Phi) is 2.41. The number of nitrogens with zero attached hydrogens (tertiary/aromatic N) is 2. The highest BCUT2D eigenvalue weighted by Crippen LogP contribution is 2.23. The van der Waals surface area contributed by atoms with Crippen molar-refractivity contribution in [2.45, 2.75) is 31.3 Å². The van der Waals surface area contributed by atoms with E-state index < -0.39 is 0 Å². The number of nitrogens with one attached hydrogen (secondary N) is 1. The van der Waals surface area contributed by atoms with E-state index in [1.54, 1.807) is 0 Å². The van der Waals surface area contributed by atoms with Crippen LogP contribution in [0, 0.1) is 0 Å². The van der Waals surface area contributed by atoms with Crippen molar-refractivity contribution in [2.75, 3.05) is 32.7 Å². The van der Waals surface area contributed by atoms with Gasteiger partial charge >= 0.3 is 0 Å². The van der Waals surface area contributed by atoms with Crippen molar-refractivity contribution in [3.8, 4) is 0 Å². The molecule has 0 spiro atoms. The van der Waals surface area contributed by atoms with E-state index in [1.165, 1.54) is 19.3 Å². The molecule has 0 radical (unpaired) electrons. The Morgan fingerprint density at radius 3 is 2.73 bits per heavy atom. The molecular weight excluding hydrogens is 190 g/mol. The number of hydrogen-bond donors (Lipinski definition) is 1. The van der Waals surface area contributed by atoms with Crippen LogP contribution in [0.3, 0.4) is 0 Å². The number of likely N-dealkylation sites (tertiary alicyclic amines) is 2. The molecule has 0 aliphatic carbocycles. The van der Waals surface area contributed by atoms with Gasteiger partial charge in [-0.1, -0.05) is 0 Å². The molecule has 15 heavy (non-hydrogen) atoms. The molecule has 2 atom stereocenters. The molecule has 0 saturated carbocycles. The summed E-state index contributed by atoms with van der Waals surface area (Å²) >= 11 is 0. The predicted molar refractivity (Wildman–Crippen MR) is 57.6 cm³/mol. The van der Waals surface area contributed by atoms with Gasteiger partial charge in [-0.15, -0.1) is 0 Å². The molecule has 4 heteroatoms. The van der Waals surface area contributed by atoms with Gasteiger partial charge in [0.25, 0.3) is 0 Å². The summed E-state index contributed by atoms with van der Waals surface area (Å²) in [5.74, 6) is 0.347. The number of hydrogen-bond acceptors (Lipinski definition) is 3. The van der Waals surface area contributed by atoms with Crippen LogP contribution in [0.15, 0.2) is 0 Å². The van der Waals surface area contributed by atoms with Gasteiger partial charge in [-0.05, 0) is 19.3 Å². The van der Waals surface area contributed by atoms with Gasteiger partial charge in [-0.25, -0.2) is 0 Å². The molecule has 3 aliphatic rings. The standard InChI is InChI=1S/C11H19N3O/c15-11(13-3-1-2-4-13)8-14-7-9-5-10(14)6-12-9/h9-10,12H,1-8H2/t9-,10-/m0/s1. The highest BCUT2D eigenvalue weighted by molar-refractivity contribution is 5.78. The summed E-state index contributed by atoms with van der Waals surface area (Å²) in [6, 6.07) is 1.28. The molecule has 1 amide bonds. The Labute approximate surface area is 90.6 Å². The Morgan fingerprint density at radius 1 is 1.33 bits per heavy atom. The zero-order valence-corrected chi connectivity index (χ0v) is 9.11. The first-order valence-corrected chi connectivity index (χ1v) is 6.08. The Morgan fingerprint density at radius 2 is 2.13 bits per heavy atom. The first-order valence-electron chi connectivity index (χ1n) is 6.08. The van der Waals surface area contributed by atoms with Crippen molar-refractivity contribution < 1.29 is 4.79 Å². The number of carbonyl (C=O) groups excluding carboxylic acids is 1. The van der Waals surface area contributed by atoms with Crippen LogP contribution in [-0.2, 0) is 4.79 Å². The fraction of sp³-hybridized carbons (Fsp3) is 0.909. The van der Waals surface area contributed by atoms with E-state index in [9.17, 15) is 4.79 Å². The van der Waals surface area contributed by atoms with Crippen LogP contribution < -0.4 is 5.32 Å². The number of rotatable bonds is 2. The topological polar surface area (TPSA) is 35.6 Å². The molecule has 0 unspecified atom stereocenters. The van der Waals surface area contributed by atoms with E-state index in [2.05, 4.69) is 10.2 Å². The lowest BCUT2D eigenvalue weighted by atomic mass is 10.2. The normalized spacial score (nSPS) is 35.3. The lowest BCUT2D eigenvalue weighted by Gasteiger charge is -2.28. The van der Waals surface area contributed by atoms with E-state index in [-0.39, 0.29) is 0 Å². The Hall–Kier alpha value is -0.610. The van der Waals surface area contributed by atoms with Crippen molar-refractivity contribution in [2.24, 2.45) is 0 Å². The molecule has 3 aliphatic heterocycles. The van der Waals surface area contributed by atoms with Crippen molar-refractivity contribution >= 4 is 5.91 Å². The number of amides is 1. The summed E-state index contributed by atoms with van der Waals surface area (Å²) in [5, 5.41) is 3.46. The van der Waals surface area contributed by atoms with Gasteiger partial charge in [0.15, 0.2) is 0 Å². The van der Waals surface area contributed by atoms with Crippen LogP contribution in [0.1, 0.15) is 19.3 Å². The van der Waals surface area contributed by atoms with Crippen molar-refractivity contribution in [1.82, 2.24) is 15.1 Å². The number of fused-ring (bicyclic) bond motifs is 2. The highest BCUT2D eigenvalue weighted by atomic mass is 16.2. The summed E-state index contributed by atoms with van der Waals surface area (Å²) < 4.78 is 0. The summed E-state index contributed by atoms with van der Waals surface area (Å²) in [6.07, 6.45) is 3.63. The third-order valence-electron chi connectivity index (χ3n) is 3.97. The Bertz CT molecular complexity index is 263. The van der Waals surface area contributed by atoms with E-state index in [0.29, 0.717) is 24.5 Å².